The average Bonchev–Trinajstić information content (AvgIpc) is 3.23. The lowest BCUT2D eigenvalue weighted by Crippen LogP contribution is -2.57. The molecule has 9 nitrogen and oxygen atoms in total. The second kappa shape index (κ2) is 9.33. The summed E-state index contributed by atoms with van der Waals surface area (Å²) in [5.41, 5.74) is 2.13. The van der Waals surface area contributed by atoms with Crippen molar-refractivity contribution >= 4 is 28.9 Å². The molecule has 1 aliphatic heterocycles. The van der Waals surface area contributed by atoms with Gasteiger partial charge >= 0.3 is 0 Å². The predicted molar refractivity (Wildman–Crippen MR) is 135 cm³/mol. The highest BCUT2D eigenvalue weighted by atomic mass is 35.5. The van der Waals surface area contributed by atoms with E-state index in [2.05, 4.69) is 25.2 Å². The number of fused-ring (bicyclic) bond motifs is 1. The molecule has 1 aromatic carbocycles. The lowest BCUT2D eigenvalue weighted by atomic mass is 10.1. The van der Waals surface area contributed by atoms with Crippen molar-refractivity contribution in [3.05, 3.63) is 60.0 Å². The van der Waals surface area contributed by atoms with Gasteiger partial charge in [-0.2, -0.15) is 0 Å². The molecule has 1 saturated heterocycles. The number of pyridine rings is 1. The fourth-order valence-electron chi connectivity index (χ4n) is 4.15. The Hall–Kier alpha value is -3.40. The normalized spacial score (nSPS) is 14.7. The second-order valence-corrected chi connectivity index (χ2v) is 9.60. The van der Waals surface area contributed by atoms with Gasteiger partial charge in [0, 0.05) is 31.9 Å². The van der Waals surface area contributed by atoms with Crippen molar-refractivity contribution in [1.82, 2.24) is 24.3 Å². The van der Waals surface area contributed by atoms with E-state index < -0.39 is 5.60 Å². The lowest BCUT2D eigenvalue weighted by Gasteiger charge is -2.41. The third-order valence-corrected chi connectivity index (χ3v) is 5.94. The molecule has 1 aliphatic rings. The number of methoxy groups -OCH3 is 1. The molecular weight excluding hydrogens is 468 g/mol. The number of β-amino-alcohol motifs (C(OH)–C–C–N with tert-alkyl or cyclic N) is 1. The summed E-state index contributed by atoms with van der Waals surface area (Å²) in [6.45, 7) is 5.79. The van der Waals surface area contributed by atoms with E-state index in [4.69, 9.17) is 21.1 Å². The molecule has 10 heteroatoms. The van der Waals surface area contributed by atoms with Crippen molar-refractivity contribution in [1.29, 1.82) is 0 Å². The molecule has 4 aromatic rings. The Kier molecular flexibility index (Phi) is 6.22. The molecule has 0 amide bonds. The largest absolute Gasteiger partial charge is 0.494 e. The molecule has 0 unspecified atom stereocenters. The Morgan fingerprint density at radius 3 is 2.77 bits per heavy atom. The zero-order chi connectivity index (χ0) is 24.6. The van der Waals surface area contributed by atoms with Crippen molar-refractivity contribution in [2.24, 2.45) is 0 Å². The van der Waals surface area contributed by atoms with Crippen molar-refractivity contribution in [3.8, 4) is 22.9 Å². The SMILES string of the molecule is COc1cc(OC2CN(CC(C)(C)O)C2)ccc1Nc1ncc(Cl)c(-c2cnc3ccccn23)n1. The molecule has 1 fully saturated rings. The number of nitrogens with one attached hydrogen (secondary N) is 1. The minimum Gasteiger partial charge on any atom is -0.494 e. The molecule has 0 atom stereocenters. The van der Waals surface area contributed by atoms with Gasteiger partial charge < -0.3 is 19.9 Å². The number of aromatic nitrogens is 4. The Bertz CT molecular complexity index is 1350. The average molecular weight is 495 g/mol. The highest BCUT2D eigenvalue weighted by Crippen LogP contribution is 2.33. The molecule has 4 heterocycles. The quantitative estimate of drug-likeness (QED) is 0.379. The molecule has 0 spiro atoms. The van der Waals surface area contributed by atoms with E-state index in [1.165, 1.54) is 0 Å². The molecule has 182 valence electrons. The topological polar surface area (TPSA) is 97.0 Å². The number of hydrogen-bond donors (Lipinski definition) is 2. The first-order valence-electron chi connectivity index (χ1n) is 11.3. The minimum atomic E-state index is -0.712. The molecule has 35 heavy (non-hydrogen) atoms. The zero-order valence-corrected chi connectivity index (χ0v) is 20.5. The lowest BCUT2D eigenvalue weighted by molar-refractivity contribution is -0.0363. The Morgan fingerprint density at radius 2 is 2.00 bits per heavy atom. The van der Waals surface area contributed by atoms with Crippen LogP contribution in [0.25, 0.3) is 17.0 Å². The van der Waals surface area contributed by atoms with Crippen LogP contribution in [0.4, 0.5) is 11.6 Å². The first kappa shape index (κ1) is 23.3. The third-order valence-electron chi connectivity index (χ3n) is 5.66. The van der Waals surface area contributed by atoms with E-state index in [9.17, 15) is 5.11 Å². The van der Waals surface area contributed by atoms with E-state index in [1.807, 2.05) is 60.8 Å². The number of halogens is 1. The van der Waals surface area contributed by atoms with Crippen molar-refractivity contribution < 1.29 is 14.6 Å². The van der Waals surface area contributed by atoms with Gasteiger partial charge in [0.05, 0.1) is 41.5 Å². The van der Waals surface area contributed by atoms with Crippen LogP contribution >= 0.6 is 11.6 Å². The van der Waals surface area contributed by atoms with E-state index in [-0.39, 0.29) is 6.10 Å². The summed E-state index contributed by atoms with van der Waals surface area (Å²) in [4.78, 5) is 15.6. The summed E-state index contributed by atoms with van der Waals surface area (Å²) < 4.78 is 13.6. The van der Waals surface area contributed by atoms with Crippen LogP contribution < -0.4 is 14.8 Å². The number of imidazole rings is 1. The fourth-order valence-corrected chi connectivity index (χ4v) is 4.34. The minimum absolute atomic E-state index is 0.0773. The fraction of sp³-hybridized carbons (Fsp3) is 0.320. The summed E-state index contributed by atoms with van der Waals surface area (Å²) in [5, 5.41) is 13.6. The van der Waals surface area contributed by atoms with Crippen molar-refractivity contribution in [2.45, 2.75) is 25.6 Å². The van der Waals surface area contributed by atoms with Gasteiger partial charge in [-0.3, -0.25) is 9.30 Å². The molecule has 2 N–H and O–H groups in total. The molecule has 5 rings (SSSR count). The van der Waals surface area contributed by atoms with Gasteiger partial charge in [0.25, 0.3) is 0 Å². The Labute approximate surface area is 208 Å². The number of rotatable bonds is 8. The molecule has 0 radical (unpaired) electrons. The van der Waals surface area contributed by atoms with Crippen LogP contribution in [0.3, 0.4) is 0 Å². The summed E-state index contributed by atoms with van der Waals surface area (Å²) in [7, 11) is 1.60. The van der Waals surface area contributed by atoms with Crippen molar-refractivity contribution in [2.75, 3.05) is 32.1 Å². The standard InChI is InChI=1S/C25H27ClN6O3/c1-25(2,33)15-31-13-17(14-31)35-16-7-8-19(21(10-16)34-3)29-24-28-11-18(26)23(30-24)20-12-27-22-6-4-5-9-32(20)22/h4-12,17,33H,13-15H2,1-3H3,(H,28,29,30). The Morgan fingerprint density at radius 1 is 1.17 bits per heavy atom. The molecular formula is C25H27ClN6O3. The molecule has 0 saturated carbocycles. The van der Waals surface area contributed by atoms with E-state index in [1.54, 1.807) is 19.5 Å². The highest BCUT2D eigenvalue weighted by molar-refractivity contribution is 6.32. The van der Waals surface area contributed by atoms with Crippen LogP contribution in [0.2, 0.25) is 5.02 Å². The van der Waals surface area contributed by atoms with Gasteiger partial charge in [-0.05, 0) is 38.1 Å². The summed E-state index contributed by atoms with van der Waals surface area (Å²) in [6, 6.07) is 11.4. The zero-order valence-electron chi connectivity index (χ0n) is 19.8. The van der Waals surface area contributed by atoms with Crippen LogP contribution in [-0.4, -0.2) is 67.8 Å². The molecule has 0 bridgehead atoms. The maximum Gasteiger partial charge on any atom is 0.227 e. The highest BCUT2D eigenvalue weighted by Gasteiger charge is 2.32. The first-order chi connectivity index (χ1) is 16.8. The number of nitrogens with zero attached hydrogens (tertiary/aromatic N) is 5. The van der Waals surface area contributed by atoms with Gasteiger partial charge in [-0.15, -0.1) is 0 Å². The maximum absolute atomic E-state index is 9.95. The maximum atomic E-state index is 9.95. The summed E-state index contributed by atoms with van der Waals surface area (Å²) >= 11 is 6.43. The van der Waals surface area contributed by atoms with Crippen LogP contribution in [0.1, 0.15) is 13.8 Å². The van der Waals surface area contributed by atoms with Gasteiger partial charge in [-0.1, -0.05) is 17.7 Å². The number of hydrogen-bond acceptors (Lipinski definition) is 8. The van der Waals surface area contributed by atoms with Crippen LogP contribution in [-0.2, 0) is 0 Å². The number of ether oxygens (including phenoxy) is 2. The molecule has 0 aliphatic carbocycles. The number of aliphatic hydroxyl groups is 1. The van der Waals surface area contributed by atoms with Gasteiger partial charge in [0.2, 0.25) is 5.95 Å². The van der Waals surface area contributed by atoms with Crippen LogP contribution in [0.15, 0.2) is 55.0 Å². The van der Waals surface area contributed by atoms with Gasteiger partial charge in [-0.25, -0.2) is 15.0 Å². The summed E-state index contributed by atoms with van der Waals surface area (Å²) in [6.07, 6.45) is 5.29. The van der Waals surface area contributed by atoms with Crippen molar-refractivity contribution in [3.63, 3.8) is 0 Å². The van der Waals surface area contributed by atoms with E-state index in [0.717, 1.165) is 24.4 Å². The predicted octanol–water partition coefficient (Wildman–Crippen LogP) is 4.03. The number of benzene rings is 1. The monoisotopic (exact) mass is 494 g/mol. The number of anilines is 2. The smallest absolute Gasteiger partial charge is 0.227 e. The van der Waals surface area contributed by atoms with E-state index >= 15 is 0 Å². The van der Waals surface area contributed by atoms with Gasteiger partial charge in [0.1, 0.15) is 28.9 Å². The summed E-state index contributed by atoms with van der Waals surface area (Å²) in [5.74, 6) is 1.69. The second-order valence-electron chi connectivity index (χ2n) is 9.20. The Balaban J connectivity index is 1.31. The number of likely N-dealkylation sites (tertiary alicyclic amines) is 1. The first-order valence-corrected chi connectivity index (χ1v) is 11.7. The molecule has 3 aromatic heterocycles. The van der Waals surface area contributed by atoms with E-state index in [0.29, 0.717) is 40.4 Å². The van der Waals surface area contributed by atoms with Crippen LogP contribution in [0.5, 0.6) is 11.5 Å². The third kappa shape index (κ3) is 5.17. The van der Waals surface area contributed by atoms with Gasteiger partial charge in [0.15, 0.2) is 0 Å². The van der Waals surface area contributed by atoms with Crippen LogP contribution in [0, 0.1) is 0 Å².